The number of ether oxygens (including phenoxy) is 1. The molecule has 0 amide bonds. The predicted octanol–water partition coefficient (Wildman–Crippen LogP) is 2.58. The highest BCUT2D eigenvalue weighted by atomic mass is 16.5. The Balaban J connectivity index is 1.88. The summed E-state index contributed by atoms with van der Waals surface area (Å²) in [7, 11) is 0. The first-order valence-electron chi connectivity index (χ1n) is 7.51. The summed E-state index contributed by atoms with van der Waals surface area (Å²) in [5.74, 6) is 1.02. The van der Waals surface area contributed by atoms with Gasteiger partial charge in [-0.2, -0.15) is 0 Å². The Hall–Kier alpha value is -1.26. The molecule has 20 heavy (non-hydrogen) atoms. The molecule has 1 fully saturated rings. The van der Waals surface area contributed by atoms with E-state index in [1.165, 1.54) is 6.42 Å². The normalized spacial score (nSPS) is 17.9. The molecule has 0 radical (unpaired) electrons. The van der Waals surface area contributed by atoms with Crippen LogP contribution >= 0.6 is 0 Å². The van der Waals surface area contributed by atoms with E-state index >= 15 is 0 Å². The van der Waals surface area contributed by atoms with Gasteiger partial charge in [-0.05, 0) is 38.0 Å². The van der Waals surface area contributed by atoms with E-state index in [2.05, 4.69) is 5.32 Å². The predicted molar refractivity (Wildman–Crippen MR) is 79.0 cm³/mol. The summed E-state index contributed by atoms with van der Waals surface area (Å²) in [6, 6.07) is 5.26. The lowest BCUT2D eigenvalue weighted by molar-refractivity contribution is 0.00463. The van der Waals surface area contributed by atoms with E-state index in [9.17, 15) is 10.2 Å². The number of nitrogens with one attached hydrogen (secondary N) is 1. The Morgan fingerprint density at radius 1 is 1.25 bits per heavy atom. The van der Waals surface area contributed by atoms with Crippen molar-refractivity contribution < 1.29 is 14.9 Å². The van der Waals surface area contributed by atoms with Crippen molar-refractivity contribution in [2.24, 2.45) is 0 Å². The molecule has 1 aromatic carbocycles. The topological polar surface area (TPSA) is 61.7 Å². The van der Waals surface area contributed by atoms with Crippen LogP contribution in [0.5, 0.6) is 11.5 Å². The summed E-state index contributed by atoms with van der Waals surface area (Å²) in [6.45, 7) is 3.65. The molecule has 0 heterocycles. The molecule has 4 heteroatoms. The van der Waals surface area contributed by atoms with Crippen molar-refractivity contribution in [1.29, 1.82) is 0 Å². The summed E-state index contributed by atoms with van der Waals surface area (Å²) < 4.78 is 5.43. The Bertz CT molecular complexity index is 428. The van der Waals surface area contributed by atoms with Gasteiger partial charge in [-0.3, -0.25) is 0 Å². The van der Waals surface area contributed by atoms with E-state index in [1.807, 2.05) is 13.0 Å². The van der Waals surface area contributed by atoms with E-state index in [-0.39, 0.29) is 5.75 Å². The van der Waals surface area contributed by atoms with E-state index in [1.54, 1.807) is 12.1 Å². The van der Waals surface area contributed by atoms with E-state index < -0.39 is 5.60 Å². The number of benzene rings is 1. The molecule has 1 aliphatic rings. The van der Waals surface area contributed by atoms with Gasteiger partial charge in [0.1, 0.15) is 11.5 Å². The van der Waals surface area contributed by atoms with E-state index in [0.717, 1.165) is 37.0 Å². The highest BCUT2D eigenvalue weighted by Crippen LogP contribution is 2.28. The summed E-state index contributed by atoms with van der Waals surface area (Å²) in [4.78, 5) is 0. The molecule has 1 saturated carbocycles. The molecule has 1 aliphatic carbocycles. The smallest absolute Gasteiger partial charge is 0.120 e. The van der Waals surface area contributed by atoms with Crippen LogP contribution in [0.25, 0.3) is 0 Å². The van der Waals surface area contributed by atoms with Crippen LogP contribution in [0.15, 0.2) is 18.2 Å². The standard InChI is InChI=1S/C16H25NO3/c1-2-20-14-6-7-15(18)13(10-14)11-17-12-16(19)8-4-3-5-9-16/h6-7,10,17-19H,2-5,8-9,11-12H2,1H3. The molecular formula is C16H25NO3. The number of phenolic OH excluding ortho intramolecular Hbond substituents is 1. The molecule has 0 aromatic heterocycles. The molecule has 0 saturated heterocycles. The fourth-order valence-corrected chi connectivity index (χ4v) is 2.78. The van der Waals surface area contributed by atoms with Crippen LogP contribution in [0.4, 0.5) is 0 Å². The van der Waals surface area contributed by atoms with Crippen molar-refractivity contribution in [1.82, 2.24) is 5.32 Å². The molecule has 0 spiro atoms. The largest absolute Gasteiger partial charge is 0.508 e. The van der Waals surface area contributed by atoms with Gasteiger partial charge in [0.15, 0.2) is 0 Å². The van der Waals surface area contributed by atoms with Gasteiger partial charge in [0, 0.05) is 18.7 Å². The molecule has 0 aliphatic heterocycles. The fraction of sp³-hybridized carbons (Fsp3) is 0.625. The van der Waals surface area contributed by atoms with Crippen molar-refractivity contribution in [2.45, 2.75) is 51.2 Å². The maximum absolute atomic E-state index is 10.4. The third kappa shape index (κ3) is 4.12. The van der Waals surface area contributed by atoms with Gasteiger partial charge in [0.05, 0.1) is 12.2 Å². The van der Waals surface area contributed by atoms with Gasteiger partial charge in [0.25, 0.3) is 0 Å². The van der Waals surface area contributed by atoms with E-state index in [0.29, 0.717) is 19.7 Å². The second kappa shape index (κ2) is 6.95. The Morgan fingerprint density at radius 2 is 2.00 bits per heavy atom. The zero-order chi connectivity index (χ0) is 14.4. The molecule has 3 N–H and O–H groups in total. The number of aromatic hydroxyl groups is 1. The van der Waals surface area contributed by atoms with Crippen molar-refractivity contribution in [3.05, 3.63) is 23.8 Å². The third-order valence-electron chi connectivity index (χ3n) is 3.92. The van der Waals surface area contributed by atoms with Crippen molar-refractivity contribution >= 4 is 0 Å². The highest BCUT2D eigenvalue weighted by Gasteiger charge is 2.28. The zero-order valence-electron chi connectivity index (χ0n) is 12.2. The first kappa shape index (κ1) is 15.1. The second-order valence-corrected chi connectivity index (χ2v) is 5.61. The van der Waals surface area contributed by atoms with Gasteiger partial charge < -0.3 is 20.3 Å². The monoisotopic (exact) mass is 279 g/mol. The molecule has 0 atom stereocenters. The molecule has 112 valence electrons. The Morgan fingerprint density at radius 3 is 2.70 bits per heavy atom. The summed E-state index contributed by atoms with van der Waals surface area (Å²) in [5, 5.41) is 23.5. The Kier molecular flexibility index (Phi) is 5.26. The highest BCUT2D eigenvalue weighted by molar-refractivity contribution is 5.39. The maximum atomic E-state index is 10.4. The maximum Gasteiger partial charge on any atom is 0.120 e. The van der Waals surface area contributed by atoms with Crippen LogP contribution in [0.3, 0.4) is 0 Å². The molecule has 4 nitrogen and oxygen atoms in total. The number of phenols is 1. The lowest BCUT2D eigenvalue weighted by Crippen LogP contribution is -2.41. The molecule has 2 rings (SSSR count). The van der Waals surface area contributed by atoms with Gasteiger partial charge in [-0.25, -0.2) is 0 Å². The lowest BCUT2D eigenvalue weighted by atomic mass is 9.85. The van der Waals surface area contributed by atoms with Crippen LogP contribution in [-0.2, 0) is 6.54 Å². The minimum Gasteiger partial charge on any atom is -0.508 e. The third-order valence-corrected chi connectivity index (χ3v) is 3.92. The first-order chi connectivity index (χ1) is 9.63. The fourth-order valence-electron chi connectivity index (χ4n) is 2.78. The minimum absolute atomic E-state index is 0.261. The van der Waals surface area contributed by atoms with Crippen LogP contribution in [-0.4, -0.2) is 29.0 Å². The SMILES string of the molecule is CCOc1ccc(O)c(CNCC2(O)CCCCC2)c1. The molecule has 1 aromatic rings. The van der Waals surface area contributed by atoms with Crippen molar-refractivity contribution in [3.8, 4) is 11.5 Å². The Labute approximate surface area is 120 Å². The van der Waals surface area contributed by atoms with Gasteiger partial charge in [-0.1, -0.05) is 19.3 Å². The second-order valence-electron chi connectivity index (χ2n) is 5.61. The number of hydrogen-bond acceptors (Lipinski definition) is 4. The number of hydrogen-bond donors (Lipinski definition) is 3. The van der Waals surface area contributed by atoms with Gasteiger partial charge >= 0.3 is 0 Å². The molecular weight excluding hydrogens is 254 g/mol. The minimum atomic E-state index is -0.578. The molecule has 0 bridgehead atoms. The van der Waals surface area contributed by atoms with Crippen molar-refractivity contribution in [2.75, 3.05) is 13.2 Å². The van der Waals surface area contributed by atoms with Crippen LogP contribution < -0.4 is 10.1 Å². The zero-order valence-corrected chi connectivity index (χ0v) is 12.2. The molecule has 0 unspecified atom stereocenters. The van der Waals surface area contributed by atoms with Gasteiger partial charge in [-0.15, -0.1) is 0 Å². The summed E-state index contributed by atoms with van der Waals surface area (Å²) in [6.07, 6.45) is 5.15. The first-order valence-corrected chi connectivity index (χ1v) is 7.51. The number of rotatable bonds is 6. The summed E-state index contributed by atoms with van der Waals surface area (Å²) in [5.41, 5.74) is 0.223. The lowest BCUT2D eigenvalue weighted by Gasteiger charge is -2.32. The average Bonchev–Trinajstić information content (AvgIpc) is 2.43. The van der Waals surface area contributed by atoms with Crippen LogP contribution in [0.1, 0.15) is 44.6 Å². The number of aliphatic hydroxyl groups is 1. The van der Waals surface area contributed by atoms with Crippen LogP contribution in [0.2, 0.25) is 0 Å². The van der Waals surface area contributed by atoms with Crippen molar-refractivity contribution in [3.63, 3.8) is 0 Å². The summed E-state index contributed by atoms with van der Waals surface area (Å²) >= 11 is 0. The van der Waals surface area contributed by atoms with Gasteiger partial charge in [0.2, 0.25) is 0 Å². The average molecular weight is 279 g/mol. The quantitative estimate of drug-likeness (QED) is 0.749. The van der Waals surface area contributed by atoms with Crippen LogP contribution in [0, 0.1) is 0 Å². The van der Waals surface area contributed by atoms with E-state index in [4.69, 9.17) is 4.74 Å².